The van der Waals surface area contributed by atoms with Crippen LogP contribution < -0.4 is 5.32 Å². The van der Waals surface area contributed by atoms with E-state index in [1.54, 1.807) is 0 Å². The molecule has 1 fully saturated rings. The van der Waals surface area contributed by atoms with Crippen molar-refractivity contribution in [1.82, 2.24) is 9.97 Å². The van der Waals surface area contributed by atoms with Gasteiger partial charge >= 0.3 is 6.18 Å². The average molecular weight is 266 g/mol. The summed E-state index contributed by atoms with van der Waals surface area (Å²) < 4.78 is 37.2. The smallest absolute Gasteiger partial charge is 0.370 e. The van der Waals surface area contributed by atoms with Crippen LogP contribution in [0.1, 0.15) is 25.1 Å². The molecule has 17 heavy (non-hydrogen) atoms. The Hall–Kier alpha value is -1.04. The van der Waals surface area contributed by atoms with Crippen molar-refractivity contribution in [3.63, 3.8) is 0 Å². The lowest BCUT2D eigenvalue weighted by atomic mass is 10.3. The van der Waals surface area contributed by atoms with E-state index >= 15 is 0 Å². The van der Waals surface area contributed by atoms with Crippen molar-refractivity contribution in [1.29, 1.82) is 0 Å². The number of halogens is 4. The Labute approximate surface area is 101 Å². The predicted octanol–water partition coefficient (Wildman–Crippen LogP) is 3.36. The lowest BCUT2D eigenvalue weighted by Crippen LogP contribution is -2.13. The topological polar surface area (TPSA) is 37.8 Å². The first kappa shape index (κ1) is 12.4. The molecule has 1 aromatic rings. The number of hydrogen-bond donors (Lipinski definition) is 1. The van der Waals surface area contributed by atoms with E-state index in [4.69, 9.17) is 11.6 Å². The fourth-order valence-corrected chi connectivity index (χ4v) is 1.63. The third-order valence-corrected chi connectivity index (χ3v) is 2.70. The standard InChI is InChI=1S/C10H11ClF3N3/c11-7-5-8(15-4-3-6-1-2-6)17-9(16-7)10(12,13)14/h5-6H,1-4H2,(H,15,16,17). The molecule has 0 unspecified atom stereocenters. The molecule has 0 bridgehead atoms. The van der Waals surface area contributed by atoms with Gasteiger partial charge in [0, 0.05) is 12.6 Å². The molecule has 1 N–H and O–H groups in total. The number of nitrogens with one attached hydrogen (secondary N) is 1. The van der Waals surface area contributed by atoms with E-state index in [2.05, 4.69) is 15.3 Å². The highest BCUT2D eigenvalue weighted by Crippen LogP contribution is 2.32. The molecule has 0 radical (unpaired) electrons. The van der Waals surface area contributed by atoms with Crippen molar-refractivity contribution in [3.05, 3.63) is 17.0 Å². The highest BCUT2D eigenvalue weighted by atomic mass is 35.5. The van der Waals surface area contributed by atoms with Crippen LogP contribution in [0.5, 0.6) is 0 Å². The normalized spacial score (nSPS) is 16.0. The number of aromatic nitrogens is 2. The molecule has 0 spiro atoms. The molecule has 1 saturated carbocycles. The zero-order valence-corrected chi connectivity index (χ0v) is 9.65. The molecule has 7 heteroatoms. The lowest BCUT2D eigenvalue weighted by Gasteiger charge is -2.09. The van der Waals surface area contributed by atoms with Gasteiger partial charge in [-0.1, -0.05) is 24.4 Å². The van der Waals surface area contributed by atoms with Gasteiger partial charge in [-0.15, -0.1) is 0 Å². The molecule has 0 aliphatic heterocycles. The van der Waals surface area contributed by atoms with Gasteiger partial charge in [-0.05, 0) is 12.3 Å². The summed E-state index contributed by atoms with van der Waals surface area (Å²) in [6.45, 7) is 0.606. The van der Waals surface area contributed by atoms with Crippen LogP contribution in [0.4, 0.5) is 19.0 Å². The highest BCUT2D eigenvalue weighted by Gasteiger charge is 2.35. The number of rotatable bonds is 4. The maximum Gasteiger partial charge on any atom is 0.451 e. The van der Waals surface area contributed by atoms with Crippen LogP contribution in [0.25, 0.3) is 0 Å². The first-order valence-electron chi connectivity index (χ1n) is 5.31. The minimum atomic E-state index is -4.57. The highest BCUT2D eigenvalue weighted by molar-refractivity contribution is 6.29. The van der Waals surface area contributed by atoms with Gasteiger partial charge in [-0.3, -0.25) is 0 Å². The predicted molar refractivity (Wildman–Crippen MR) is 57.9 cm³/mol. The Morgan fingerprint density at radius 3 is 2.65 bits per heavy atom. The molecule has 1 aromatic heterocycles. The maximum absolute atomic E-state index is 12.4. The number of anilines is 1. The van der Waals surface area contributed by atoms with Gasteiger partial charge in [0.05, 0.1) is 0 Å². The first-order chi connectivity index (χ1) is 7.95. The molecule has 94 valence electrons. The zero-order chi connectivity index (χ0) is 12.5. The quantitative estimate of drug-likeness (QED) is 0.849. The zero-order valence-electron chi connectivity index (χ0n) is 8.89. The Morgan fingerprint density at radius 1 is 1.35 bits per heavy atom. The van der Waals surface area contributed by atoms with Crippen LogP contribution in [-0.4, -0.2) is 16.5 Å². The second-order valence-electron chi connectivity index (χ2n) is 4.06. The van der Waals surface area contributed by atoms with E-state index in [1.165, 1.54) is 18.9 Å². The molecule has 0 saturated heterocycles. The van der Waals surface area contributed by atoms with E-state index in [0.29, 0.717) is 12.5 Å². The molecular weight excluding hydrogens is 255 g/mol. The fraction of sp³-hybridized carbons (Fsp3) is 0.600. The maximum atomic E-state index is 12.4. The molecule has 1 heterocycles. The van der Waals surface area contributed by atoms with Gasteiger partial charge in [0.25, 0.3) is 0 Å². The molecule has 3 nitrogen and oxygen atoms in total. The molecular formula is C10H11ClF3N3. The SMILES string of the molecule is FC(F)(F)c1nc(Cl)cc(NCCC2CC2)n1. The van der Waals surface area contributed by atoms with Crippen LogP contribution in [0.15, 0.2) is 6.07 Å². The molecule has 2 rings (SSSR count). The molecule has 0 aromatic carbocycles. The molecule has 0 amide bonds. The summed E-state index contributed by atoms with van der Waals surface area (Å²) in [5.41, 5.74) is 0. The van der Waals surface area contributed by atoms with Crippen LogP contribution in [-0.2, 0) is 6.18 Å². The number of alkyl halides is 3. The fourth-order valence-electron chi connectivity index (χ4n) is 1.45. The monoisotopic (exact) mass is 265 g/mol. The van der Waals surface area contributed by atoms with E-state index < -0.39 is 12.0 Å². The molecule has 1 aliphatic rings. The van der Waals surface area contributed by atoms with Crippen molar-refractivity contribution in [3.8, 4) is 0 Å². The Balaban J connectivity index is 2.02. The van der Waals surface area contributed by atoms with Gasteiger partial charge in [0.2, 0.25) is 5.82 Å². The third-order valence-electron chi connectivity index (χ3n) is 2.50. The van der Waals surface area contributed by atoms with Gasteiger partial charge in [-0.2, -0.15) is 13.2 Å². The van der Waals surface area contributed by atoms with E-state index in [9.17, 15) is 13.2 Å². The minimum absolute atomic E-state index is 0.123. The van der Waals surface area contributed by atoms with Crippen molar-refractivity contribution in [2.45, 2.75) is 25.4 Å². The van der Waals surface area contributed by atoms with Crippen LogP contribution in [0, 0.1) is 5.92 Å². The van der Waals surface area contributed by atoms with Crippen LogP contribution in [0.3, 0.4) is 0 Å². The van der Waals surface area contributed by atoms with Gasteiger partial charge in [0.1, 0.15) is 11.0 Å². The van der Waals surface area contributed by atoms with Crippen LogP contribution in [0.2, 0.25) is 5.15 Å². The largest absolute Gasteiger partial charge is 0.451 e. The van der Waals surface area contributed by atoms with Crippen molar-refractivity contribution >= 4 is 17.4 Å². The minimum Gasteiger partial charge on any atom is -0.370 e. The average Bonchev–Trinajstić information content (AvgIpc) is 2.99. The second-order valence-corrected chi connectivity index (χ2v) is 4.44. The van der Waals surface area contributed by atoms with Gasteiger partial charge in [0.15, 0.2) is 0 Å². The second kappa shape index (κ2) is 4.68. The summed E-state index contributed by atoms with van der Waals surface area (Å²) >= 11 is 5.52. The van der Waals surface area contributed by atoms with E-state index in [0.717, 1.165) is 6.42 Å². The van der Waals surface area contributed by atoms with E-state index in [1.807, 2.05) is 0 Å². The summed E-state index contributed by atoms with van der Waals surface area (Å²) in [6, 6.07) is 1.30. The summed E-state index contributed by atoms with van der Waals surface area (Å²) in [4.78, 5) is 6.54. The summed E-state index contributed by atoms with van der Waals surface area (Å²) in [5, 5.41) is 2.63. The Bertz CT molecular complexity index is 404. The summed E-state index contributed by atoms with van der Waals surface area (Å²) in [7, 11) is 0. The Kier molecular flexibility index (Phi) is 3.42. The van der Waals surface area contributed by atoms with Crippen LogP contribution >= 0.6 is 11.6 Å². The van der Waals surface area contributed by atoms with Crippen molar-refractivity contribution in [2.24, 2.45) is 5.92 Å². The van der Waals surface area contributed by atoms with E-state index in [-0.39, 0.29) is 11.0 Å². The Morgan fingerprint density at radius 2 is 2.06 bits per heavy atom. The first-order valence-corrected chi connectivity index (χ1v) is 5.68. The van der Waals surface area contributed by atoms with Gasteiger partial charge < -0.3 is 5.32 Å². The summed E-state index contributed by atoms with van der Waals surface area (Å²) in [5.74, 6) is -0.376. The summed E-state index contributed by atoms with van der Waals surface area (Å²) in [6.07, 6.45) is -1.21. The van der Waals surface area contributed by atoms with Crippen molar-refractivity contribution < 1.29 is 13.2 Å². The lowest BCUT2D eigenvalue weighted by molar-refractivity contribution is -0.144. The van der Waals surface area contributed by atoms with Crippen molar-refractivity contribution in [2.75, 3.05) is 11.9 Å². The number of nitrogens with zero attached hydrogens (tertiary/aromatic N) is 2. The third kappa shape index (κ3) is 3.73. The van der Waals surface area contributed by atoms with Gasteiger partial charge in [-0.25, -0.2) is 9.97 Å². The molecule has 0 atom stereocenters. The number of hydrogen-bond acceptors (Lipinski definition) is 3. The molecule has 1 aliphatic carbocycles.